The summed E-state index contributed by atoms with van der Waals surface area (Å²) in [6, 6.07) is 32.9. The zero-order valence-corrected chi connectivity index (χ0v) is 27.3. The molecule has 0 atom stereocenters. The maximum atomic E-state index is 13.3. The Morgan fingerprint density at radius 1 is 0.708 bits per heavy atom. The van der Waals surface area contributed by atoms with Crippen molar-refractivity contribution in [2.45, 2.75) is 19.9 Å². The number of hydrogen-bond acceptors (Lipinski definition) is 5. The summed E-state index contributed by atoms with van der Waals surface area (Å²) in [5.41, 5.74) is 5.63. The SMILES string of the molecule is Cc1ccc(-c2ccc(C(=O)Oc3ccc(CN(CC(=O)O)C(=O)c4ccc(NC(=O)Cc5ccc(Cl)c(Cl)c5)cc4)cc3)cc2)cc1. The van der Waals surface area contributed by atoms with Crippen LogP contribution in [0.2, 0.25) is 10.0 Å². The van der Waals surface area contributed by atoms with Gasteiger partial charge in [0.25, 0.3) is 5.91 Å². The van der Waals surface area contributed by atoms with Crippen molar-refractivity contribution < 1.29 is 29.0 Å². The third-order valence-electron chi connectivity index (χ3n) is 7.39. The highest BCUT2D eigenvalue weighted by molar-refractivity contribution is 6.42. The van der Waals surface area contributed by atoms with E-state index in [1.54, 1.807) is 66.7 Å². The highest BCUT2D eigenvalue weighted by Gasteiger charge is 2.20. The minimum atomic E-state index is -1.17. The molecule has 5 aromatic rings. The molecule has 0 saturated carbocycles. The second-order valence-corrected chi connectivity index (χ2v) is 11.9. The Morgan fingerprint density at radius 2 is 1.29 bits per heavy atom. The van der Waals surface area contributed by atoms with Crippen molar-refractivity contribution in [3.8, 4) is 16.9 Å². The van der Waals surface area contributed by atoms with Crippen molar-refractivity contribution in [1.82, 2.24) is 4.90 Å². The summed E-state index contributed by atoms with van der Waals surface area (Å²) in [4.78, 5) is 51.4. The van der Waals surface area contributed by atoms with Crippen molar-refractivity contribution in [3.05, 3.63) is 153 Å². The van der Waals surface area contributed by atoms with Gasteiger partial charge in [0.15, 0.2) is 0 Å². The van der Waals surface area contributed by atoms with Crippen molar-refractivity contribution >= 4 is 52.6 Å². The van der Waals surface area contributed by atoms with Gasteiger partial charge in [0.05, 0.1) is 22.0 Å². The second kappa shape index (κ2) is 15.4. The van der Waals surface area contributed by atoms with E-state index in [0.717, 1.165) is 11.1 Å². The number of halogens is 2. The van der Waals surface area contributed by atoms with Crippen LogP contribution in [0.3, 0.4) is 0 Å². The van der Waals surface area contributed by atoms with Crippen LogP contribution in [0.5, 0.6) is 5.75 Å². The molecule has 0 unspecified atom stereocenters. The number of carbonyl (C=O) groups excluding carboxylic acids is 3. The van der Waals surface area contributed by atoms with E-state index in [-0.39, 0.29) is 24.4 Å². The van der Waals surface area contributed by atoms with Crippen molar-refractivity contribution in [2.24, 2.45) is 0 Å². The fourth-order valence-corrected chi connectivity index (χ4v) is 5.20. The lowest BCUT2D eigenvalue weighted by atomic mass is 10.0. The second-order valence-electron chi connectivity index (χ2n) is 11.1. The number of carboxylic acid groups (broad SMARTS) is 1. The van der Waals surface area contributed by atoms with Crippen LogP contribution in [-0.2, 0) is 22.6 Å². The fraction of sp³-hybridized carbons (Fsp3) is 0.105. The van der Waals surface area contributed by atoms with E-state index in [2.05, 4.69) is 5.32 Å². The zero-order chi connectivity index (χ0) is 34.2. The molecule has 0 radical (unpaired) electrons. The predicted octanol–water partition coefficient (Wildman–Crippen LogP) is 8.10. The van der Waals surface area contributed by atoms with Gasteiger partial charge in [-0.25, -0.2) is 4.79 Å². The number of hydrogen-bond donors (Lipinski definition) is 2. The number of carboxylic acids is 1. The third-order valence-corrected chi connectivity index (χ3v) is 8.13. The number of benzene rings is 5. The van der Waals surface area contributed by atoms with E-state index in [9.17, 15) is 24.3 Å². The van der Waals surface area contributed by atoms with Crippen molar-refractivity contribution in [2.75, 3.05) is 11.9 Å². The van der Waals surface area contributed by atoms with Crippen LogP contribution in [0.1, 0.15) is 37.4 Å². The maximum Gasteiger partial charge on any atom is 0.343 e. The largest absolute Gasteiger partial charge is 0.480 e. The smallest absolute Gasteiger partial charge is 0.343 e. The molecule has 48 heavy (non-hydrogen) atoms. The van der Waals surface area contributed by atoms with Gasteiger partial charge in [0, 0.05) is 17.8 Å². The normalized spacial score (nSPS) is 10.6. The number of amides is 2. The Bertz CT molecular complexity index is 1940. The highest BCUT2D eigenvalue weighted by Crippen LogP contribution is 2.24. The van der Waals surface area contributed by atoms with Crippen molar-refractivity contribution in [1.29, 1.82) is 0 Å². The van der Waals surface area contributed by atoms with Crippen LogP contribution in [0.15, 0.2) is 115 Å². The molecule has 2 N–H and O–H groups in total. The summed E-state index contributed by atoms with van der Waals surface area (Å²) < 4.78 is 5.53. The van der Waals surface area contributed by atoms with E-state index in [1.807, 2.05) is 43.3 Å². The van der Waals surface area contributed by atoms with Crippen LogP contribution in [-0.4, -0.2) is 40.3 Å². The molecule has 0 spiro atoms. The first-order valence-corrected chi connectivity index (χ1v) is 15.6. The molecular formula is C38H30Cl2N2O6. The molecule has 2 amide bonds. The Hall–Kier alpha value is -5.44. The molecular weight excluding hydrogens is 651 g/mol. The maximum absolute atomic E-state index is 13.3. The zero-order valence-electron chi connectivity index (χ0n) is 25.8. The fourth-order valence-electron chi connectivity index (χ4n) is 4.88. The molecule has 0 aromatic heterocycles. The Morgan fingerprint density at radius 3 is 1.90 bits per heavy atom. The summed E-state index contributed by atoms with van der Waals surface area (Å²) >= 11 is 12.0. The number of anilines is 1. The van der Waals surface area contributed by atoms with Crippen LogP contribution in [0.25, 0.3) is 11.1 Å². The Labute approximate surface area is 287 Å². The lowest BCUT2D eigenvalue weighted by Crippen LogP contribution is -2.35. The molecule has 8 nitrogen and oxygen atoms in total. The average molecular weight is 682 g/mol. The number of aryl methyl sites for hydroxylation is 1. The third kappa shape index (κ3) is 9.09. The topological polar surface area (TPSA) is 113 Å². The van der Waals surface area contributed by atoms with Gasteiger partial charge < -0.3 is 20.1 Å². The number of carbonyl (C=O) groups is 4. The molecule has 0 aliphatic heterocycles. The van der Waals surface area contributed by atoms with Gasteiger partial charge in [-0.1, -0.05) is 83.4 Å². The van der Waals surface area contributed by atoms with E-state index < -0.39 is 24.4 Å². The summed E-state index contributed by atoms with van der Waals surface area (Å²) in [7, 11) is 0. The number of rotatable bonds is 11. The first-order valence-electron chi connectivity index (χ1n) is 14.9. The Balaban J connectivity index is 1.18. The molecule has 0 heterocycles. The lowest BCUT2D eigenvalue weighted by Gasteiger charge is -2.21. The molecule has 0 bridgehead atoms. The summed E-state index contributed by atoms with van der Waals surface area (Å²) in [5.74, 6) is -2.18. The summed E-state index contributed by atoms with van der Waals surface area (Å²) in [6.45, 7) is 1.49. The number of esters is 1. The van der Waals surface area contributed by atoms with E-state index in [0.29, 0.717) is 38.2 Å². The predicted molar refractivity (Wildman–Crippen MR) is 186 cm³/mol. The van der Waals surface area contributed by atoms with Gasteiger partial charge in [-0.15, -0.1) is 0 Å². The van der Waals surface area contributed by atoms with Gasteiger partial charge in [0.2, 0.25) is 5.91 Å². The van der Waals surface area contributed by atoms with Crippen LogP contribution < -0.4 is 10.1 Å². The monoisotopic (exact) mass is 680 g/mol. The number of nitrogens with one attached hydrogen (secondary N) is 1. The van der Waals surface area contributed by atoms with Gasteiger partial charge in [-0.2, -0.15) is 0 Å². The molecule has 0 aliphatic rings. The summed E-state index contributed by atoms with van der Waals surface area (Å²) in [5, 5.41) is 13.0. The van der Waals surface area contributed by atoms with Crippen LogP contribution in [0.4, 0.5) is 5.69 Å². The number of ether oxygens (including phenoxy) is 1. The van der Waals surface area contributed by atoms with E-state index in [4.69, 9.17) is 27.9 Å². The average Bonchev–Trinajstić information content (AvgIpc) is 3.07. The standard InChI is InChI=1S/C38H30Cl2N2O6/c1-24-2-7-27(8-3-24)28-9-11-30(12-10-28)38(47)48-32-17-4-25(5-18-32)22-42(23-36(44)45)37(46)29-13-15-31(16-14-29)41-35(43)21-26-6-19-33(39)34(40)20-26/h2-20H,21-23H2,1H3,(H,41,43)(H,44,45). The minimum absolute atomic E-state index is 0.00196. The van der Waals surface area contributed by atoms with Crippen LogP contribution >= 0.6 is 23.2 Å². The molecule has 0 saturated heterocycles. The molecule has 5 aromatic carbocycles. The van der Waals surface area contributed by atoms with E-state index >= 15 is 0 Å². The van der Waals surface area contributed by atoms with Gasteiger partial charge in [0.1, 0.15) is 12.3 Å². The Kier molecular flexibility index (Phi) is 10.9. The molecule has 5 rings (SSSR count). The molecule has 10 heteroatoms. The minimum Gasteiger partial charge on any atom is -0.480 e. The molecule has 0 fully saturated rings. The number of aliphatic carboxylic acids is 1. The van der Waals surface area contributed by atoms with Gasteiger partial charge in [-0.3, -0.25) is 14.4 Å². The lowest BCUT2D eigenvalue weighted by molar-refractivity contribution is -0.137. The molecule has 0 aliphatic carbocycles. The number of nitrogens with zero attached hydrogens (tertiary/aromatic N) is 1. The first-order chi connectivity index (χ1) is 23.0. The highest BCUT2D eigenvalue weighted by atomic mass is 35.5. The van der Waals surface area contributed by atoms with E-state index in [1.165, 1.54) is 22.6 Å². The van der Waals surface area contributed by atoms with Crippen LogP contribution in [0, 0.1) is 6.92 Å². The quantitative estimate of drug-likeness (QED) is 0.108. The first kappa shape index (κ1) is 33.9. The summed E-state index contributed by atoms with van der Waals surface area (Å²) in [6.07, 6.45) is 0.0730. The van der Waals surface area contributed by atoms with Crippen molar-refractivity contribution in [3.63, 3.8) is 0 Å². The van der Waals surface area contributed by atoms with Gasteiger partial charge in [-0.05, 0) is 89.8 Å². The van der Waals surface area contributed by atoms with Gasteiger partial charge >= 0.3 is 11.9 Å². The molecule has 242 valence electrons.